The lowest BCUT2D eigenvalue weighted by Gasteiger charge is -2.08. The van der Waals surface area contributed by atoms with Gasteiger partial charge in [0.05, 0.1) is 7.11 Å². The number of methoxy groups -OCH3 is 1. The number of halogens is 1. The number of rotatable bonds is 3. The summed E-state index contributed by atoms with van der Waals surface area (Å²) in [7, 11) is 1.58. The van der Waals surface area contributed by atoms with Gasteiger partial charge in [0.2, 0.25) is 5.88 Å². The average molecular weight is 279 g/mol. The van der Waals surface area contributed by atoms with Gasteiger partial charge < -0.3 is 9.47 Å². The Balaban J connectivity index is 2.03. The molecule has 0 saturated heterocycles. The third kappa shape index (κ3) is 1.90. The van der Waals surface area contributed by atoms with Crippen molar-refractivity contribution in [2.75, 3.05) is 7.11 Å². The van der Waals surface area contributed by atoms with E-state index in [4.69, 9.17) is 21.1 Å². The maximum atomic E-state index is 6.20. The van der Waals surface area contributed by atoms with Crippen LogP contribution in [-0.2, 0) is 0 Å². The normalized spacial score (nSPS) is 10.9. The van der Waals surface area contributed by atoms with E-state index in [0.29, 0.717) is 33.9 Å². The van der Waals surface area contributed by atoms with Crippen LogP contribution in [0, 0.1) is 6.92 Å². The summed E-state index contributed by atoms with van der Waals surface area (Å²) in [5.74, 6) is 2.30. The van der Waals surface area contributed by atoms with Crippen molar-refractivity contribution >= 4 is 17.2 Å². The smallest absolute Gasteiger partial charge is 0.235 e. The van der Waals surface area contributed by atoms with Gasteiger partial charge >= 0.3 is 0 Å². The van der Waals surface area contributed by atoms with E-state index in [9.17, 15) is 0 Å². The Bertz CT molecular complexity index is 734. The zero-order chi connectivity index (χ0) is 13.4. The second-order valence-electron chi connectivity index (χ2n) is 3.91. The summed E-state index contributed by atoms with van der Waals surface area (Å²) >= 11 is 6.20. The van der Waals surface area contributed by atoms with Crippen molar-refractivity contribution in [2.24, 2.45) is 0 Å². The fourth-order valence-corrected chi connectivity index (χ4v) is 1.97. The molecular formula is C12H11ClN4O2. The average Bonchev–Trinajstić information content (AvgIpc) is 2.93. The Morgan fingerprint density at radius 3 is 2.63 bits per heavy atom. The van der Waals surface area contributed by atoms with Gasteiger partial charge in [-0.05, 0) is 19.1 Å². The molecule has 0 aliphatic rings. The predicted molar refractivity (Wildman–Crippen MR) is 70.2 cm³/mol. The van der Waals surface area contributed by atoms with Gasteiger partial charge in [-0.25, -0.2) is 4.52 Å². The van der Waals surface area contributed by atoms with Crippen molar-refractivity contribution in [3.8, 4) is 17.4 Å². The minimum Gasteiger partial charge on any atom is -0.493 e. The maximum absolute atomic E-state index is 6.20. The van der Waals surface area contributed by atoms with E-state index in [2.05, 4.69) is 15.3 Å². The number of aryl methyl sites for hydroxylation is 1. The van der Waals surface area contributed by atoms with Gasteiger partial charge in [0, 0.05) is 0 Å². The zero-order valence-electron chi connectivity index (χ0n) is 10.3. The Kier molecular flexibility index (Phi) is 2.79. The number of hydrogen-bond donors (Lipinski definition) is 1. The molecule has 0 atom stereocenters. The number of fused-ring (bicyclic) bond motifs is 1. The highest BCUT2D eigenvalue weighted by atomic mass is 35.5. The largest absolute Gasteiger partial charge is 0.493 e. The fraction of sp³-hybridized carbons (Fsp3) is 0.167. The van der Waals surface area contributed by atoms with Gasteiger partial charge in [-0.15, -0.1) is 10.2 Å². The summed E-state index contributed by atoms with van der Waals surface area (Å²) in [6.45, 7) is 1.82. The summed E-state index contributed by atoms with van der Waals surface area (Å²) in [5, 5.41) is 11.3. The topological polar surface area (TPSA) is 64.4 Å². The molecule has 0 unspecified atom stereocenters. The number of para-hydroxylation sites is 2. The lowest BCUT2D eigenvalue weighted by molar-refractivity contribution is 0.373. The van der Waals surface area contributed by atoms with Gasteiger partial charge in [-0.1, -0.05) is 23.7 Å². The van der Waals surface area contributed by atoms with Crippen LogP contribution in [0.4, 0.5) is 0 Å². The van der Waals surface area contributed by atoms with Crippen LogP contribution in [0.25, 0.3) is 5.65 Å². The summed E-state index contributed by atoms with van der Waals surface area (Å²) in [4.78, 5) is 0. The second kappa shape index (κ2) is 4.47. The first-order valence-corrected chi connectivity index (χ1v) is 5.98. The molecule has 0 radical (unpaired) electrons. The quantitative estimate of drug-likeness (QED) is 0.800. The van der Waals surface area contributed by atoms with E-state index in [1.165, 1.54) is 0 Å². The number of benzene rings is 1. The molecule has 0 saturated carbocycles. The van der Waals surface area contributed by atoms with Crippen molar-refractivity contribution in [3.05, 3.63) is 35.1 Å². The van der Waals surface area contributed by atoms with Gasteiger partial charge in [-0.2, -0.15) is 0 Å². The van der Waals surface area contributed by atoms with Gasteiger partial charge in [-0.3, -0.25) is 5.10 Å². The summed E-state index contributed by atoms with van der Waals surface area (Å²) in [5.41, 5.74) is 0.532. The van der Waals surface area contributed by atoms with E-state index >= 15 is 0 Å². The summed E-state index contributed by atoms with van der Waals surface area (Å²) in [6.07, 6.45) is 0. The molecule has 1 aromatic carbocycles. The highest BCUT2D eigenvalue weighted by Gasteiger charge is 2.16. The number of ether oxygens (including phenoxy) is 2. The number of aromatic nitrogens is 4. The number of nitrogens with zero attached hydrogens (tertiary/aromatic N) is 3. The van der Waals surface area contributed by atoms with E-state index in [1.807, 2.05) is 25.1 Å². The second-order valence-corrected chi connectivity index (χ2v) is 4.29. The zero-order valence-corrected chi connectivity index (χ0v) is 11.1. The molecule has 0 spiro atoms. The van der Waals surface area contributed by atoms with Crippen molar-refractivity contribution < 1.29 is 9.47 Å². The molecule has 3 aromatic rings. The first-order chi connectivity index (χ1) is 9.20. The van der Waals surface area contributed by atoms with Crippen LogP contribution in [0.2, 0.25) is 5.02 Å². The predicted octanol–water partition coefficient (Wildman–Crippen LogP) is 2.82. The number of aromatic amines is 1. The molecule has 2 heterocycles. The Morgan fingerprint density at radius 1 is 1.21 bits per heavy atom. The van der Waals surface area contributed by atoms with Crippen molar-refractivity contribution in [2.45, 2.75) is 6.92 Å². The third-order valence-corrected chi connectivity index (χ3v) is 3.06. The highest BCUT2D eigenvalue weighted by Crippen LogP contribution is 2.35. The van der Waals surface area contributed by atoms with Crippen LogP contribution in [-0.4, -0.2) is 26.9 Å². The number of H-pyrrole nitrogens is 1. The van der Waals surface area contributed by atoms with E-state index < -0.39 is 0 Å². The van der Waals surface area contributed by atoms with Gasteiger partial charge in [0.15, 0.2) is 17.1 Å². The minimum atomic E-state index is 0.381. The molecule has 6 nitrogen and oxygen atoms in total. The van der Waals surface area contributed by atoms with Crippen LogP contribution < -0.4 is 9.47 Å². The minimum absolute atomic E-state index is 0.381. The van der Waals surface area contributed by atoms with Crippen LogP contribution >= 0.6 is 11.6 Å². The van der Waals surface area contributed by atoms with E-state index in [0.717, 1.165) is 0 Å². The van der Waals surface area contributed by atoms with Crippen molar-refractivity contribution in [1.82, 2.24) is 19.8 Å². The molecule has 2 aromatic heterocycles. The Morgan fingerprint density at radius 2 is 1.95 bits per heavy atom. The van der Waals surface area contributed by atoms with Crippen LogP contribution in [0.15, 0.2) is 24.3 Å². The molecule has 98 valence electrons. The third-order valence-electron chi connectivity index (χ3n) is 2.71. The van der Waals surface area contributed by atoms with Gasteiger partial charge in [0.1, 0.15) is 10.8 Å². The Labute approximate surface area is 113 Å². The number of nitrogens with one attached hydrogen (secondary N) is 1. The fourth-order valence-electron chi connectivity index (χ4n) is 1.77. The molecular weight excluding hydrogens is 268 g/mol. The number of hydrogen-bond acceptors (Lipinski definition) is 4. The van der Waals surface area contributed by atoms with E-state index in [1.54, 1.807) is 17.7 Å². The molecule has 19 heavy (non-hydrogen) atoms. The van der Waals surface area contributed by atoms with Crippen LogP contribution in [0.3, 0.4) is 0 Å². The van der Waals surface area contributed by atoms with Crippen molar-refractivity contribution in [3.63, 3.8) is 0 Å². The van der Waals surface area contributed by atoms with Crippen LogP contribution in [0.1, 0.15) is 5.82 Å². The molecule has 0 aliphatic heterocycles. The maximum Gasteiger partial charge on any atom is 0.235 e. The molecule has 0 amide bonds. The lowest BCUT2D eigenvalue weighted by atomic mass is 10.3. The lowest BCUT2D eigenvalue weighted by Crippen LogP contribution is -1.92. The first kappa shape index (κ1) is 11.9. The summed E-state index contributed by atoms with van der Waals surface area (Å²) in [6, 6.07) is 7.32. The molecule has 0 bridgehead atoms. The molecule has 0 aliphatic carbocycles. The van der Waals surface area contributed by atoms with Crippen molar-refractivity contribution in [1.29, 1.82) is 0 Å². The highest BCUT2D eigenvalue weighted by molar-refractivity contribution is 6.34. The van der Waals surface area contributed by atoms with E-state index in [-0.39, 0.29) is 0 Å². The molecule has 1 N–H and O–H groups in total. The molecule has 3 rings (SSSR count). The first-order valence-electron chi connectivity index (χ1n) is 5.60. The van der Waals surface area contributed by atoms with Crippen LogP contribution in [0.5, 0.6) is 17.4 Å². The molecule has 7 heteroatoms. The molecule has 0 fully saturated rings. The SMILES string of the molecule is COc1ccccc1Oc1[nH]n2c(C)nnc2c1Cl. The standard InChI is InChI=1S/C12H11ClN4O2/c1-7-14-15-11-10(13)12(16-17(7)11)19-9-6-4-3-5-8(9)18-2/h3-6,16H,1-2H3. The monoisotopic (exact) mass is 278 g/mol. The Hall–Kier alpha value is -2.21. The van der Waals surface area contributed by atoms with Gasteiger partial charge in [0.25, 0.3) is 0 Å². The summed E-state index contributed by atoms with van der Waals surface area (Å²) < 4.78 is 12.6.